The fourth-order valence-electron chi connectivity index (χ4n) is 3.18. The number of fused-ring (bicyclic) bond motifs is 1. The van der Waals surface area contributed by atoms with Crippen molar-refractivity contribution in [2.24, 2.45) is 11.8 Å². The zero-order valence-corrected chi connectivity index (χ0v) is 18.5. The number of carbonyl (C=O) groups excluding carboxylic acids is 2. The summed E-state index contributed by atoms with van der Waals surface area (Å²) >= 11 is 6.20. The SMILES string of the molecule is CNC(=O)[C@H](C)CN(C)c1nc(N(C)C[C@@H](C)C(=O)NC)c2cc(Cl)ccc2n1. The van der Waals surface area contributed by atoms with Gasteiger partial charge in [0.1, 0.15) is 5.82 Å². The van der Waals surface area contributed by atoms with Crippen LogP contribution in [0.25, 0.3) is 10.9 Å². The summed E-state index contributed by atoms with van der Waals surface area (Å²) in [5.74, 6) is 0.673. The second-order valence-electron chi connectivity index (χ2n) is 7.30. The third-order valence-corrected chi connectivity index (χ3v) is 5.05. The Kier molecular flexibility index (Phi) is 7.61. The average Bonchev–Trinajstić information content (AvgIpc) is 2.71. The molecule has 1 aromatic carbocycles. The van der Waals surface area contributed by atoms with E-state index in [-0.39, 0.29) is 23.7 Å². The number of hydrogen-bond acceptors (Lipinski definition) is 6. The van der Waals surface area contributed by atoms with E-state index in [0.29, 0.717) is 29.9 Å². The maximum atomic E-state index is 11.9. The topological polar surface area (TPSA) is 90.5 Å². The van der Waals surface area contributed by atoms with Crippen molar-refractivity contribution >= 4 is 46.1 Å². The molecule has 0 aliphatic carbocycles. The number of anilines is 2. The molecule has 2 N–H and O–H groups in total. The number of halogens is 1. The molecule has 2 rings (SSSR count). The van der Waals surface area contributed by atoms with Gasteiger partial charge in [-0.1, -0.05) is 25.4 Å². The second kappa shape index (κ2) is 9.73. The van der Waals surface area contributed by atoms with E-state index in [1.165, 1.54) is 0 Å². The molecular weight excluding hydrogens is 392 g/mol. The lowest BCUT2D eigenvalue weighted by Gasteiger charge is -2.26. The molecule has 0 fully saturated rings. The first kappa shape index (κ1) is 22.7. The Labute approximate surface area is 176 Å². The molecule has 8 nitrogen and oxygen atoms in total. The van der Waals surface area contributed by atoms with Crippen LogP contribution in [0.1, 0.15) is 13.8 Å². The van der Waals surface area contributed by atoms with Crippen LogP contribution in [0, 0.1) is 11.8 Å². The summed E-state index contributed by atoms with van der Waals surface area (Å²) in [5, 5.41) is 6.72. The van der Waals surface area contributed by atoms with E-state index in [9.17, 15) is 9.59 Å². The molecule has 0 saturated heterocycles. The average molecular weight is 421 g/mol. The fraction of sp³-hybridized carbons (Fsp3) is 0.500. The molecule has 0 spiro atoms. The van der Waals surface area contributed by atoms with E-state index in [1.807, 2.05) is 49.9 Å². The van der Waals surface area contributed by atoms with Crippen LogP contribution >= 0.6 is 11.6 Å². The number of hydrogen-bond donors (Lipinski definition) is 2. The molecule has 2 aromatic rings. The Bertz CT molecular complexity index is 891. The van der Waals surface area contributed by atoms with Crippen molar-refractivity contribution in [3.63, 3.8) is 0 Å². The maximum absolute atomic E-state index is 11.9. The predicted molar refractivity (Wildman–Crippen MR) is 118 cm³/mol. The first-order valence-corrected chi connectivity index (χ1v) is 9.88. The number of nitrogens with one attached hydrogen (secondary N) is 2. The summed E-state index contributed by atoms with van der Waals surface area (Å²) in [7, 11) is 6.99. The van der Waals surface area contributed by atoms with Crippen molar-refractivity contribution in [1.82, 2.24) is 20.6 Å². The Hall–Kier alpha value is -2.61. The van der Waals surface area contributed by atoms with Crippen LogP contribution in [-0.4, -0.2) is 63.1 Å². The van der Waals surface area contributed by atoms with Gasteiger partial charge in [0.15, 0.2) is 0 Å². The van der Waals surface area contributed by atoms with E-state index in [4.69, 9.17) is 16.6 Å². The van der Waals surface area contributed by atoms with E-state index < -0.39 is 0 Å². The highest BCUT2D eigenvalue weighted by molar-refractivity contribution is 6.31. The predicted octanol–water partition coefficient (Wildman–Crippen LogP) is 1.92. The number of amides is 2. The van der Waals surface area contributed by atoms with Gasteiger partial charge in [0, 0.05) is 51.7 Å². The minimum absolute atomic E-state index is 0.0370. The zero-order chi connectivity index (χ0) is 21.7. The summed E-state index contributed by atoms with van der Waals surface area (Å²) in [5.41, 5.74) is 0.744. The molecule has 0 aliphatic heterocycles. The molecule has 0 radical (unpaired) electrons. The van der Waals surface area contributed by atoms with Crippen LogP contribution < -0.4 is 20.4 Å². The molecule has 0 bridgehead atoms. The van der Waals surface area contributed by atoms with Crippen LogP contribution in [0.2, 0.25) is 5.02 Å². The van der Waals surface area contributed by atoms with Gasteiger partial charge in [0.05, 0.1) is 17.4 Å². The minimum atomic E-state index is -0.219. The zero-order valence-electron chi connectivity index (χ0n) is 17.8. The summed E-state index contributed by atoms with van der Waals surface area (Å²) in [6.07, 6.45) is 0. The molecule has 29 heavy (non-hydrogen) atoms. The molecular formula is C20H29ClN6O2. The van der Waals surface area contributed by atoms with Gasteiger partial charge in [-0.25, -0.2) is 4.98 Å². The maximum Gasteiger partial charge on any atom is 0.227 e. The Morgan fingerprint density at radius 1 is 1.00 bits per heavy atom. The van der Waals surface area contributed by atoms with E-state index >= 15 is 0 Å². The normalized spacial score (nSPS) is 12.9. The molecule has 0 unspecified atom stereocenters. The first-order valence-electron chi connectivity index (χ1n) is 9.50. The number of benzene rings is 1. The smallest absolute Gasteiger partial charge is 0.227 e. The van der Waals surface area contributed by atoms with Crippen LogP contribution in [0.3, 0.4) is 0 Å². The molecule has 1 heterocycles. The number of rotatable bonds is 8. The molecule has 158 valence electrons. The summed E-state index contributed by atoms with van der Waals surface area (Å²) in [6.45, 7) is 4.67. The van der Waals surface area contributed by atoms with Crippen molar-refractivity contribution in [1.29, 1.82) is 0 Å². The van der Waals surface area contributed by atoms with Gasteiger partial charge in [-0.05, 0) is 18.2 Å². The monoisotopic (exact) mass is 420 g/mol. The van der Waals surface area contributed by atoms with Gasteiger partial charge in [-0.15, -0.1) is 0 Å². The van der Waals surface area contributed by atoms with Gasteiger partial charge in [0.25, 0.3) is 0 Å². The van der Waals surface area contributed by atoms with Gasteiger partial charge < -0.3 is 20.4 Å². The lowest BCUT2D eigenvalue weighted by molar-refractivity contribution is -0.124. The van der Waals surface area contributed by atoms with E-state index in [0.717, 1.165) is 10.9 Å². The van der Waals surface area contributed by atoms with Crippen molar-refractivity contribution < 1.29 is 9.59 Å². The van der Waals surface area contributed by atoms with Crippen molar-refractivity contribution in [2.45, 2.75) is 13.8 Å². The van der Waals surface area contributed by atoms with Gasteiger partial charge in [-0.2, -0.15) is 4.98 Å². The Morgan fingerprint density at radius 3 is 2.10 bits per heavy atom. The third kappa shape index (κ3) is 5.47. The van der Waals surface area contributed by atoms with Gasteiger partial charge in [0.2, 0.25) is 17.8 Å². The molecule has 9 heteroatoms. The number of carbonyl (C=O) groups is 2. The quantitative estimate of drug-likeness (QED) is 0.678. The molecule has 2 amide bonds. The highest BCUT2D eigenvalue weighted by Gasteiger charge is 2.20. The highest BCUT2D eigenvalue weighted by atomic mass is 35.5. The second-order valence-corrected chi connectivity index (χ2v) is 7.74. The molecule has 2 atom stereocenters. The van der Waals surface area contributed by atoms with Crippen molar-refractivity contribution in [3.05, 3.63) is 23.2 Å². The molecule has 0 aliphatic rings. The van der Waals surface area contributed by atoms with Crippen LogP contribution in [0.5, 0.6) is 0 Å². The fourth-order valence-corrected chi connectivity index (χ4v) is 3.35. The highest BCUT2D eigenvalue weighted by Crippen LogP contribution is 2.29. The van der Waals surface area contributed by atoms with E-state index in [1.54, 1.807) is 20.2 Å². The van der Waals surface area contributed by atoms with Crippen LogP contribution in [0.4, 0.5) is 11.8 Å². The van der Waals surface area contributed by atoms with E-state index in [2.05, 4.69) is 15.6 Å². The van der Waals surface area contributed by atoms with Crippen molar-refractivity contribution in [2.75, 3.05) is 51.1 Å². The number of nitrogens with zero attached hydrogens (tertiary/aromatic N) is 4. The summed E-state index contributed by atoms with van der Waals surface area (Å²) < 4.78 is 0. The van der Waals surface area contributed by atoms with Crippen LogP contribution in [-0.2, 0) is 9.59 Å². The van der Waals surface area contributed by atoms with Gasteiger partial charge in [-0.3, -0.25) is 9.59 Å². The number of aromatic nitrogens is 2. The van der Waals surface area contributed by atoms with Gasteiger partial charge >= 0.3 is 0 Å². The first-order chi connectivity index (χ1) is 13.7. The molecule has 0 saturated carbocycles. The lowest BCUT2D eigenvalue weighted by atomic mass is 10.1. The summed E-state index contributed by atoms with van der Waals surface area (Å²) in [6, 6.07) is 5.45. The Morgan fingerprint density at radius 2 is 1.55 bits per heavy atom. The lowest BCUT2D eigenvalue weighted by Crippen LogP contribution is -2.36. The van der Waals surface area contributed by atoms with Crippen LogP contribution in [0.15, 0.2) is 18.2 Å². The minimum Gasteiger partial charge on any atom is -0.359 e. The molecule has 1 aromatic heterocycles. The van der Waals surface area contributed by atoms with Crippen molar-refractivity contribution in [3.8, 4) is 0 Å². The summed E-state index contributed by atoms with van der Waals surface area (Å²) in [4.78, 5) is 37.0. The Balaban J connectivity index is 2.43. The standard InChI is InChI=1S/C20H29ClN6O2/c1-12(18(28)22-3)10-26(5)17-15-9-14(21)7-8-16(15)24-20(25-17)27(6)11-13(2)19(29)23-4/h7-9,12-13H,10-11H2,1-6H3,(H,22,28)(H,23,29)/t12-,13-/m1/s1. The largest absolute Gasteiger partial charge is 0.359 e. The third-order valence-electron chi connectivity index (χ3n) is 4.81.